The SMILES string of the molecule is Cc1cc(C(=O)N[C@@H](CCCC(=O)O)C(=O)O)cc2c1N(N([O-])Cc1cnc3nc(N)nc(N)c3n1)CC2. The molecule has 38 heavy (non-hydrogen) atoms. The number of nitrogens with zero attached hydrogens (tertiary/aromatic N) is 6. The zero-order valence-electron chi connectivity index (χ0n) is 20.4. The van der Waals surface area contributed by atoms with Crippen molar-refractivity contribution >= 4 is 46.5 Å². The van der Waals surface area contributed by atoms with Crippen molar-refractivity contribution in [2.24, 2.45) is 0 Å². The first-order valence-corrected chi connectivity index (χ1v) is 11.7. The van der Waals surface area contributed by atoms with Crippen LogP contribution < -0.4 is 21.8 Å². The molecule has 1 aliphatic heterocycles. The number of aryl methyl sites for hydroxylation is 1. The molecular formula is C23H26N9O6-. The van der Waals surface area contributed by atoms with Crippen LogP contribution in [0.1, 0.15) is 46.4 Å². The number of hydrazine groups is 1. The number of fused-ring (bicyclic) bond motifs is 2. The van der Waals surface area contributed by atoms with Gasteiger partial charge in [0.15, 0.2) is 17.0 Å². The van der Waals surface area contributed by atoms with E-state index in [-0.39, 0.29) is 54.3 Å². The number of hydroxylamine groups is 1. The second kappa shape index (κ2) is 10.8. The van der Waals surface area contributed by atoms with Crippen LogP contribution in [0.2, 0.25) is 0 Å². The maximum atomic E-state index is 13.1. The molecule has 3 heterocycles. The van der Waals surface area contributed by atoms with Crippen LogP contribution in [0.4, 0.5) is 17.5 Å². The number of hydrogen-bond donors (Lipinski definition) is 5. The van der Waals surface area contributed by atoms with Gasteiger partial charge in [-0.1, -0.05) is 0 Å². The molecule has 0 saturated heterocycles. The maximum Gasteiger partial charge on any atom is 0.326 e. The smallest absolute Gasteiger partial charge is 0.326 e. The summed E-state index contributed by atoms with van der Waals surface area (Å²) in [5.74, 6) is -2.86. The van der Waals surface area contributed by atoms with Gasteiger partial charge in [0.25, 0.3) is 5.91 Å². The first kappa shape index (κ1) is 26.4. The molecule has 0 fully saturated rings. The molecular weight excluding hydrogens is 498 g/mol. The Kier molecular flexibility index (Phi) is 7.50. The van der Waals surface area contributed by atoms with Crippen molar-refractivity contribution in [2.45, 2.75) is 45.2 Å². The van der Waals surface area contributed by atoms with Gasteiger partial charge in [0.1, 0.15) is 6.04 Å². The molecule has 0 unspecified atom stereocenters. The number of benzene rings is 1. The number of amides is 1. The van der Waals surface area contributed by atoms with E-state index in [1.165, 1.54) is 11.2 Å². The number of aromatic nitrogens is 4. The number of nitrogen functional groups attached to an aromatic ring is 2. The van der Waals surface area contributed by atoms with Gasteiger partial charge in [0.2, 0.25) is 5.95 Å². The molecule has 4 rings (SSSR count). The lowest BCUT2D eigenvalue weighted by molar-refractivity contribution is -0.140. The van der Waals surface area contributed by atoms with Crippen molar-refractivity contribution < 1.29 is 24.6 Å². The molecule has 0 spiro atoms. The van der Waals surface area contributed by atoms with E-state index in [1.54, 1.807) is 19.1 Å². The van der Waals surface area contributed by atoms with Crippen LogP contribution in [0.5, 0.6) is 0 Å². The van der Waals surface area contributed by atoms with Gasteiger partial charge in [-0.25, -0.2) is 14.8 Å². The fourth-order valence-corrected chi connectivity index (χ4v) is 4.34. The lowest BCUT2D eigenvalue weighted by Crippen LogP contribution is -2.41. The third-order valence-electron chi connectivity index (χ3n) is 6.05. The normalized spacial score (nSPS) is 13.5. The minimum atomic E-state index is -1.25. The van der Waals surface area contributed by atoms with Crippen molar-refractivity contribution in [3.05, 3.63) is 45.9 Å². The number of carbonyl (C=O) groups is 3. The molecule has 1 aliphatic rings. The highest BCUT2D eigenvalue weighted by Crippen LogP contribution is 2.34. The van der Waals surface area contributed by atoms with E-state index in [9.17, 15) is 24.7 Å². The summed E-state index contributed by atoms with van der Waals surface area (Å²) in [4.78, 5) is 51.4. The van der Waals surface area contributed by atoms with Gasteiger partial charge in [-0.05, 0) is 49.4 Å². The van der Waals surface area contributed by atoms with Crippen LogP contribution in [0.3, 0.4) is 0 Å². The quantitative estimate of drug-likeness (QED) is 0.228. The Bertz CT molecular complexity index is 1420. The molecule has 200 valence electrons. The van der Waals surface area contributed by atoms with Gasteiger partial charge >= 0.3 is 11.9 Å². The first-order valence-electron chi connectivity index (χ1n) is 11.7. The number of nitrogens with one attached hydrogen (secondary N) is 1. The highest BCUT2D eigenvalue weighted by molar-refractivity contribution is 5.97. The van der Waals surface area contributed by atoms with Gasteiger partial charge in [0, 0.05) is 25.1 Å². The van der Waals surface area contributed by atoms with Crippen LogP contribution >= 0.6 is 0 Å². The molecule has 15 heteroatoms. The van der Waals surface area contributed by atoms with Crippen molar-refractivity contribution in [3.8, 4) is 0 Å². The fourth-order valence-electron chi connectivity index (χ4n) is 4.34. The lowest BCUT2D eigenvalue weighted by Gasteiger charge is -2.39. The van der Waals surface area contributed by atoms with Gasteiger partial charge in [-0.3, -0.25) is 14.8 Å². The summed E-state index contributed by atoms with van der Waals surface area (Å²) in [6.45, 7) is 1.98. The number of anilines is 3. The van der Waals surface area contributed by atoms with E-state index in [2.05, 4.69) is 25.3 Å². The molecule has 7 N–H and O–H groups in total. The average molecular weight is 525 g/mol. The number of nitrogens with two attached hydrogens (primary N) is 2. The highest BCUT2D eigenvalue weighted by Gasteiger charge is 2.26. The van der Waals surface area contributed by atoms with Gasteiger partial charge < -0.3 is 37.2 Å². The minimum Gasteiger partial charge on any atom is -0.767 e. The zero-order chi connectivity index (χ0) is 27.6. The standard InChI is InChI=1S/C23H26N9O6/c1-11-7-13(21(35)28-15(22(36)37)3-2-4-16(33)34)8-12-5-6-31(18(11)12)32(38)10-14-9-26-20-17(27-14)19(24)29-23(25)30-20/h7-9,15H,2-6,10H2,1H3,(H,28,35)(H,33,34)(H,36,37)(H4,24,25,26,29,30)/q-1/t15-/m0/s1. The molecule has 0 saturated carbocycles. The summed E-state index contributed by atoms with van der Waals surface area (Å²) in [5, 5.41) is 36.0. The molecule has 3 aromatic rings. The summed E-state index contributed by atoms with van der Waals surface area (Å²) in [5.41, 5.74) is 14.5. The van der Waals surface area contributed by atoms with Crippen molar-refractivity contribution in [1.29, 1.82) is 0 Å². The molecule has 0 bridgehead atoms. The maximum absolute atomic E-state index is 13.1. The van der Waals surface area contributed by atoms with E-state index < -0.39 is 23.9 Å². The van der Waals surface area contributed by atoms with Crippen LogP contribution in [0, 0.1) is 12.1 Å². The summed E-state index contributed by atoms with van der Waals surface area (Å²) >= 11 is 0. The number of carboxylic acid groups (broad SMARTS) is 2. The third-order valence-corrected chi connectivity index (χ3v) is 6.05. The molecule has 1 amide bonds. The second-order valence-corrected chi connectivity index (χ2v) is 8.84. The fraction of sp³-hybridized carbons (Fsp3) is 0.348. The monoisotopic (exact) mass is 524 g/mol. The van der Waals surface area contributed by atoms with E-state index in [4.69, 9.17) is 16.6 Å². The van der Waals surface area contributed by atoms with Gasteiger partial charge in [-0.2, -0.15) is 9.97 Å². The van der Waals surface area contributed by atoms with E-state index in [0.717, 1.165) is 10.7 Å². The van der Waals surface area contributed by atoms with Crippen LogP contribution in [-0.2, 0) is 22.6 Å². The Hall–Kier alpha value is -4.63. The summed E-state index contributed by atoms with van der Waals surface area (Å²) in [6, 6.07) is 1.98. The summed E-state index contributed by atoms with van der Waals surface area (Å²) < 4.78 is 0. The minimum absolute atomic E-state index is 0.0148. The Balaban J connectivity index is 1.48. The Morgan fingerprint density at radius 3 is 2.68 bits per heavy atom. The largest absolute Gasteiger partial charge is 0.767 e. The van der Waals surface area contributed by atoms with E-state index in [0.29, 0.717) is 29.9 Å². The number of carbonyl (C=O) groups excluding carboxylic acids is 1. The molecule has 0 aliphatic carbocycles. The number of aliphatic carboxylic acids is 2. The van der Waals surface area contributed by atoms with E-state index in [1.807, 2.05) is 0 Å². The van der Waals surface area contributed by atoms with Crippen LogP contribution in [-0.4, -0.2) is 65.8 Å². The number of carboxylic acids is 2. The van der Waals surface area contributed by atoms with Gasteiger partial charge in [0.05, 0.1) is 17.6 Å². The molecule has 2 aromatic heterocycles. The molecule has 15 nitrogen and oxygen atoms in total. The Labute approximate surface area is 216 Å². The van der Waals surface area contributed by atoms with Crippen molar-refractivity contribution in [1.82, 2.24) is 30.4 Å². The van der Waals surface area contributed by atoms with Crippen molar-refractivity contribution in [2.75, 3.05) is 23.0 Å². The van der Waals surface area contributed by atoms with Crippen LogP contribution in [0.15, 0.2) is 18.3 Å². The van der Waals surface area contributed by atoms with Gasteiger partial charge in [-0.15, -0.1) is 0 Å². The van der Waals surface area contributed by atoms with Crippen LogP contribution in [0.25, 0.3) is 11.2 Å². The predicted octanol–water partition coefficient (Wildman–Crippen LogP) is 0.608. The third kappa shape index (κ3) is 5.68. The molecule has 0 radical (unpaired) electrons. The lowest BCUT2D eigenvalue weighted by atomic mass is 10.0. The molecule has 1 atom stereocenters. The Morgan fingerprint density at radius 2 is 1.97 bits per heavy atom. The Morgan fingerprint density at radius 1 is 1.21 bits per heavy atom. The number of hydrogen-bond acceptors (Lipinski definition) is 12. The summed E-state index contributed by atoms with van der Waals surface area (Å²) in [7, 11) is 0. The van der Waals surface area contributed by atoms with E-state index >= 15 is 0 Å². The highest BCUT2D eigenvalue weighted by atomic mass is 16.5. The molecule has 1 aromatic carbocycles. The average Bonchev–Trinajstić information content (AvgIpc) is 3.28. The first-order chi connectivity index (χ1) is 18.0. The number of rotatable bonds is 10. The zero-order valence-corrected chi connectivity index (χ0v) is 20.4. The topological polar surface area (TPSA) is 237 Å². The van der Waals surface area contributed by atoms with Crippen molar-refractivity contribution in [3.63, 3.8) is 0 Å². The predicted molar refractivity (Wildman–Crippen MR) is 135 cm³/mol. The second-order valence-electron chi connectivity index (χ2n) is 8.84. The summed E-state index contributed by atoms with van der Waals surface area (Å²) in [6.07, 6.45) is 1.80.